The quantitative estimate of drug-likeness (QED) is 0.583. The van der Waals surface area contributed by atoms with Gasteiger partial charge < -0.3 is 15.6 Å². The molecule has 0 bridgehead atoms. The molecule has 3 aromatic heterocycles. The van der Waals surface area contributed by atoms with Crippen molar-refractivity contribution >= 4 is 33.7 Å². The number of nitrogens with zero attached hydrogens (tertiary/aromatic N) is 5. The Hall–Kier alpha value is -3.42. The van der Waals surface area contributed by atoms with E-state index in [1.807, 2.05) is 42.3 Å². The van der Waals surface area contributed by atoms with Crippen LogP contribution in [-0.4, -0.2) is 42.1 Å². The zero-order valence-corrected chi connectivity index (χ0v) is 14.9. The number of nitrogens with one attached hydrogen (secondary N) is 1. The van der Waals surface area contributed by atoms with Gasteiger partial charge in [0.2, 0.25) is 5.91 Å². The van der Waals surface area contributed by atoms with Gasteiger partial charge in [-0.05, 0) is 37.6 Å². The molecule has 0 saturated carbocycles. The van der Waals surface area contributed by atoms with Crippen LogP contribution in [0.15, 0.2) is 36.7 Å². The summed E-state index contributed by atoms with van der Waals surface area (Å²) in [6.45, 7) is 2.75. The number of benzene rings is 1. The number of imidazole rings is 1. The maximum absolute atomic E-state index is 12.1. The molecule has 8 nitrogen and oxygen atoms in total. The fraction of sp³-hybridized carbons (Fsp3) is 0.263. The molecular formula is C19H19N7O. The van der Waals surface area contributed by atoms with Crippen molar-refractivity contribution < 1.29 is 4.79 Å². The van der Waals surface area contributed by atoms with Crippen molar-refractivity contribution in [2.24, 2.45) is 0 Å². The third-order valence-corrected chi connectivity index (χ3v) is 5.20. The van der Waals surface area contributed by atoms with E-state index in [2.05, 4.69) is 20.1 Å². The number of hydrogen-bond donors (Lipinski definition) is 2. The molecule has 136 valence electrons. The molecular weight excluding hydrogens is 342 g/mol. The van der Waals surface area contributed by atoms with Crippen LogP contribution in [0.1, 0.15) is 31.6 Å². The number of H-pyrrole nitrogens is 1. The van der Waals surface area contributed by atoms with E-state index in [1.54, 1.807) is 10.9 Å². The SMILES string of the molecule is CC(c1nc2c(N)nc3cc(-n4cccn4)ccc3c2[nH]1)N1CCCC1=O. The van der Waals surface area contributed by atoms with Crippen molar-refractivity contribution in [1.29, 1.82) is 0 Å². The number of fused-ring (bicyclic) bond motifs is 3. The number of amides is 1. The van der Waals surface area contributed by atoms with Crippen LogP contribution in [0.3, 0.4) is 0 Å². The normalized spacial score (nSPS) is 15.9. The minimum absolute atomic E-state index is 0.120. The van der Waals surface area contributed by atoms with E-state index in [9.17, 15) is 4.79 Å². The highest BCUT2D eigenvalue weighted by molar-refractivity contribution is 6.06. The molecule has 1 aliphatic rings. The van der Waals surface area contributed by atoms with E-state index in [-0.39, 0.29) is 11.9 Å². The summed E-state index contributed by atoms with van der Waals surface area (Å²) < 4.78 is 1.78. The number of pyridine rings is 1. The molecule has 1 atom stereocenters. The first kappa shape index (κ1) is 15.8. The summed E-state index contributed by atoms with van der Waals surface area (Å²) in [6, 6.07) is 7.68. The molecule has 3 N–H and O–H groups in total. The topological polar surface area (TPSA) is 106 Å². The molecule has 1 amide bonds. The van der Waals surface area contributed by atoms with E-state index >= 15 is 0 Å². The van der Waals surface area contributed by atoms with Crippen molar-refractivity contribution in [1.82, 2.24) is 29.6 Å². The Labute approximate surface area is 155 Å². The summed E-state index contributed by atoms with van der Waals surface area (Å²) in [5.41, 5.74) is 9.36. The number of nitrogen functional groups attached to an aromatic ring is 1. The summed E-state index contributed by atoms with van der Waals surface area (Å²) in [5.74, 6) is 1.28. The molecule has 8 heteroatoms. The summed E-state index contributed by atoms with van der Waals surface area (Å²) >= 11 is 0. The highest BCUT2D eigenvalue weighted by Gasteiger charge is 2.28. The third kappa shape index (κ3) is 2.44. The molecule has 4 heterocycles. The van der Waals surface area contributed by atoms with E-state index in [1.165, 1.54) is 0 Å². The first-order valence-corrected chi connectivity index (χ1v) is 9.00. The zero-order valence-electron chi connectivity index (χ0n) is 14.9. The van der Waals surface area contributed by atoms with Crippen molar-refractivity contribution in [2.75, 3.05) is 12.3 Å². The number of anilines is 1. The van der Waals surface area contributed by atoms with E-state index in [4.69, 9.17) is 5.73 Å². The minimum Gasteiger partial charge on any atom is -0.382 e. The number of nitrogens with two attached hydrogens (primary N) is 1. The smallest absolute Gasteiger partial charge is 0.223 e. The Morgan fingerprint density at radius 3 is 2.93 bits per heavy atom. The van der Waals surface area contributed by atoms with E-state index in [0.29, 0.717) is 17.8 Å². The average Bonchev–Trinajstić information content (AvgIpc) is 3.41. The average molecular weight is 361 g/mol. The summed E-state index contributed by atoms with van der Waals surface area (Å²) in [4.78, 5) is 26.5. The highest BCUT2D eigenvalue weighted by Crippen LogP contribution is 2.31. The van der Waals surface area contributed by atoms with Crippen molar-refractivity contribution in [2.45, 2.75) is 25.8 Å². The largest absolute Gasteiger partial charge is 0.382 e. The van der Waals surface area contributed by atoms with Crippen molar-refractivity contribution in [3.05, 3.63) is 42.5 Å². The Kier molecular flexibility index (Phi) is 3.40. The van der Waals surface area contributed by atoms with Crippen LogP contribution in [0.5, 0.6) is 0 Å². The molecule has 0 radical (unpaired) electrons. The van der Waals surface area contributed by atoms with Crippen LogP contribution < -0.4 is 5.73 Å². The van der Waals surface area contributed by atoms with Crippen LogP contribution in [0.25, 0.3) is 27.6 Å². The Bertz CT molecular complexity index is 1160. The number of likely N-dealkylation sites (tertiary alicyclic amines) is 1. The molecule has 4 aromatic rings. The predicted molar refractivity (Wildman–Crippen MR) is 102 cm³/mol. The third-order valence-electron chi connectivity index (χ3n) is 5.20. The molecule has 1 saturated heterocycles. The number of hydrogen-bond acceptors (Lipinski definition) is 5. The Morgan fingerprint density at radius 1 is 1.30 bits per heavy atom. The number of carbonyl (C=O) groups excluding carboxylic acids is 1. The monoisotopic (exact) mass is 361 g/mol. The minimum atomic E-state index is -0.120. The van der Waals surface area contributed by atoms with Crippen LogP contribution >= 0.6 is 0 Å². The first-order valence-electron chi connectivity index (χ1n) is 9.00. The van der Waals surface area contributed by atoms with Crippen LogP contribution in [0, 0.1) is 0 Å². The lowest BCUT2D eigenvalue weighted by Crippen LogP contribution is -2.28. The Morgan fingerprint density at radius 2 is 2.19 bits per heavy atom. The maximum atomic E-state index is 12.1. The predicted octanol–water partition coefficient (Wildman–Crippen LogP) is 2.56. The van der Waals surface area contributed by atoms with Gasteiger partial charge in [0.05, 0.1) is 22.8 Å². The van der Waals surface area contributed by atoms with Gasteiger partial charge in [-0.1, -0.05) is 0 Å². The van der Waals surface area contributed by atoms with Crippen molar-refractivity contribution in [3.8, 4) is 5.69 Å². The van der Waals surface area contributed by atoms with Gasteiger partial charge in [-0.3, -0.25) is 4.79 Å². The van der Waals surface area contributed by atoms with Gasteiger partial charge in [-0.15, -0.1) is 0 Å². The standard InChI is InChI=1S/C19H19N7O/c1-11(25-8-2-4-15(25)27)19-23-16-13-6-5-12(26-9-3-7-21-26)10-14(13)22-18(20)17(16)24-19/h3,5-7,9-11H,2,4,8H2,1H3,(H2,20,22)(H,23,24). The zero-order chi connectivity index (χ0) is 18.5. The van der Waals surface area contributed by atoms with E-state index in [0.717, 1.165) is 40.9 Å². The van der Waals surface area contributed by atoms with Gasteiger partial charge in [0.25, 0.3) is 0 Å². The second-order valence-corrected chi connectivity index (χ2v) is 6.86. The van der Waals surface area contributed by atoms with Gasteiger partial charge in [0.1, 0.15) is 11.3 Å². The molecule has 1 aliphatic heterocycles. The number of aromatic nitrogens is 5. The van der Waals surface area contributed by atoms with Gasteiger partial charge in [-0.25, -0.2) is 14.6 Å². The van der Waals surface area contributed by atoms with Crippen molar-refractivity contribution in [3.63, 3.8) is 0 Å². The second kappa shape index (κ2) is 5.80. The van der Waals surface area contributed by atoms with Crippen LogP contribution in [-0.2, 0) is 4.79 Å². The molecule has 1 fully saturated rings. The van der Waals surface area contributed by atoms with Crippen LogP contribution in [0.2, 0.25) is 0 Å². The number of aromatic amines is 1. The molecule has 0 spiro atoms. The lowest BCUT2D eigenvalue weighted by Gasteiger charge is -2.22. The van der Waals surface area contributed by atoms with Gasteiger partial charge in [0.15, 0.2) is 5.82 Å². The lowest BCUT2D eigenvalue weighted by molar-refractivity contribution is -0.129. The Balaban J connectivity index is 1.64. The maximum Gasteiger partial charge on any atom is 0.223 e. The molecule has 27 heavy (non-hydrogen) atoms. The molecule has 1 unspecified atom stereocenters. The lowest BCUT2D eigenvalue weighted by atomic mass is 10.1. The van der Waals surface area contributed by atoms with Gasteiger partial charge >= 0.3 is 0 Å². The number of rotatable bonds is 3. The van der Waals surface area contributed by atoms with Gasteiger partial charge in [0, 0.05) is 30.7 Å². The fourth-order valence-electron chi connectivity index (χ4n) is 3.77. The molecule has 5 rings (SSSR count). The molecule has 1 aromatic carbocycles. The summed E-state index contributed by atoms with van der Waals surface area (Å²) in [5, 5.41) is 5.20. The summed E-state index contributed by atoms with van der Waals surface area (Å²) in [7, 11) is 0. The number of carbonyl (C=O) groups is 1. The second-order valence-electron chi connectivity index (χ2n) is 6.86. The molecule has 0 aliphatic carbocycles. The first-order chi connectivity index (χ1) is 13.1. The highest BCUT2D eigenvalue weighted by atomic mass is 16.2. The van der Waals surface area contributed by atoms with E-state index < -0.39 is 0 Å². The van der Waals surface area contributed by atoms with Crippen LogP contribution in [0.4, 0.5) is 5.82 Å². The van der Waals surface area contributed by atoms with Gasteiger partial charge in [-0.2, -0.15) is 5.10 Å². The summed E-state index contributed by atoms with van der Waals surface area (Å²) in [6.07, 6.45) is 5.11. The fourth-order valence-corrected chi connectivity index (χ4v) is 3.77.